The topological polar surface area (TPSA) is 76.0 Å². The molecule has 1 aliphatic rings. The van der Waals surface area contributed by atoms with Gasteiger partial charge in [0.1, 0.15) is 0 Å². The quantitative estimate of drug-likeness (QED) is 0.686. The average Bonchev–Trinajstić information content (AvgIpc) is 3.07. The third kappa shape index (κ3) is 4.97. The maximum atomic E-state index is 12.4. The van der Waals surface area contributed by atoms with Crippen LogP contribution in [-0.2, 0) is 4.79 Å². The van der Waals surface area contributed by atoms with Crippen LogP contribution in [0.4, 0.5) is 0 Å². The normalized spacial score (nSPS) is 14.7. The van der Waals surface area contributed by atoms with Crippen molar-refractivity contribution in [2.24, 2.45) is 5.92 Å². The molecule has 0 saturated heterocycles. The van der Waals surface area contributed by atoms with Crippen molar-refractivity contribution < 1.29 is 9.59 Å². The summed E-state index contributed by atoms with van der Waals surface area (Å²) >= 11 is 3.41. The largest absolute Gasteiger partial charge is 0.354 e. The van der Waals surface area contributed by atoms with Crippen LogP contribution in [0.2, 0.25) is 0 Å². The Kier molecular flexibility index (Phi) is 6.66. The SMILES string of the molecule is Cc1c(C(=O)NCCNC(=O)C2CCCCC2)cnn1-c1ccc(Br)cc1. The van der Waals surface area contributed by atoms with Crippen molar-refractivity contribution in [1.82, 2.24) is 20.4 Å². The van der Waals surface area contributed by atoms with E-state index in [-0.39, 0.29) is 17.7 Å². The number of benzene rings is 1. The van der Waals surface area contributed by atoms with Crippen LogP contribution >= 0.6 is 15.9 Å². The Balaban J connectivity index is 1.50. The van der Waals surface area contributed by atoms with Crippen LogP contribution in [0.15, 0.2) is 34.9 Å². The molecule has 144 valence electrons. The highest BCUT2D eigenvalue weighted by atomic mass is 79.9. The van der Waals surface area contributed by atoms with Gasteiger partial charge in [-0.15, -0.1) is 0 Å². The van der Waals surface area contributed by atoms with Gasteiger partial charge in [-0.05, 0) is 44.0 Å². The van der Waals surface area contributed by atoms with Gasteiger partial charge in [0.25, 0.3) is 5.91 Å². The Bertz CT molecular complexity index is 795. The van der Waals surface area contributed by atoms with E-state index in [9.17, 15) is 9.59 Å². The van der Waals surface area contributed by atoms with Crippen molar-refractivity contribution in [3.05, 3.63) is 46.2 Å². The minimum atomic E-state index is -0.178. The molecule has 2 amide bonds. The Hall–Kier alpha value is -2.15. The predicted molar refractivity (Wildman–Crippen MR) is 108 cm³/mol. The Morgan fingerprint density at radius 3 is 2.48 bits per heavy atom. The molecule has 0 radical (unpaired) electrons. The van der Waals surface area contributed by atoms with Crippen LogP contribution in [0.5, 0.6) is 0 Å². The Morgan fingerprint density at radius 2 is 1.78 bits per heavy atom. The summed E-state index contributed by atoms with van der Waals surface area (Å²) in [6.07, 6.45) is 7.03. The van der Waals surface area contributed by atoms with Gasteiger partial charge in [-0.3, -0.25) is 9.59 Å². The molecular formula is C20H25BrN4O2. The van der Waals surface area contributed by atoms with E-state index in [2.05, 4.69) is 31.7 Å². The zero-order valence-corrected chi connectivity index (χ0v) is 17.1. The molecule has 2 aromatic rings. The second-order valence-corrected chi connectivity index (χ2v) is 7.83. The Labute approximate surface area is 167 Å². The molecular weight excluding hydrogens is 408 g/mol. The molecule has 1 saturated carbocycles. The molecule has 1 aromatic heterocycles. The van der Waals surface area contributed by atoms with E-state index in [1.807, 2.05) is 31.2 Å². The molecule has 1 aromatic carbocycles. The van der Waals surface area contributed by atoms with Crippen LogP contribution in [0.3, 0.4) is 0 Å². The minimum absolute atomic E-state index is 0.114. The summed E-state index contributed by atoms with van der Waals surface area (Å²) in [4.78, 5) is 24.5. The zero-order valence-electron chi connectivity index (χ0n) is 15.5. The van der Waals surface area contributed by atoms with Gasteiger partial charge in [-0.1, -0.05) is 35.2 Å². The molecule has 7 heteroatoms. The van der Waals surface area contributed by atoms with Gasteiger partial charge >= 0.3 is 0 Å². The molecule has 0 bridgehead atoms. The highest BCUT2D eigenvalue weighted by Crippen LogP contribution is 2.23. The molecule has 0 atom stereocenters. The third-order valence-electron chi connectivity index (χ3n) is 5.01. The van der Waals surface area contributed by atoms with Gasteiger partial charge < -0.3 is 10.6 Å². The number of nitrogens with one attached hydrogen (secondary N) is 2. The van der Waals surface area contributed by atoms with E-state index >= 15 is 0 Å². The first-order valence-electron chi connectivity index (χ1n) is 9.42. The number of hydrogen-bond donors (Lipinski definition) is 2. The number of carbonyl (C=O) groups is 2. The molecule has 2 N–H and O–H groups in total. The minimum Gasteiger partial charge on any atom is -0.354 e. The van der Waals surface area contributed by atoms with Gasteiger partial charge in [0.15, 0.2) is 0 Å². The van der Waals surface area contributed by atoms with E-state index in [0.717, 1.165) is 41.5 Å². The van der Waals surface area contributed by atoms with Crippen molar-refractivity contribution in [2.45, 2.75) is 39.0 Å². The van der Waals surface area contributed by atoms with Crippen LogP contribution in [-0.4, -0.2) is 34.7 Å². The molecule has 1 aliphatic carbocycles. The van der Waals surface area contributed by atoms with Crippen LogP contribution in [0.1, 0.15) is 48.2 Å². The van der Waals surface area contributed by atoms with E-state index in [4.69, 9.17) is 0 Å². The number of amides is 2. The fourth-order valence-electron chi connectivity index (χ4n) is 3.44. The molecule has 0 spiro atoms. The second-order valence-electron chi connectivity index (χ2n) is 6.91. The lowest BCUT2D eigenvalue weighted by Crippen LogP contribution is -2.38. The molecule has 0 aliphatic heterocycles. The van der Waals surface area contributed by atoms with Gasteiger partial charge in [-0.2, -0.15) is 5.10 Å². The number of carbonyl (C=O) groups excluding carboxylic acids is 2. The molecule has 27 heavy (non-hydrogen) atoms. The zero-order chi connectivity index (χ0) is 19.2. The van der Waals surface area contributed by atoms with E-state index in [0.29, 0.717) is 18.7 Å². The maximum absolute atomic E-state index is 12.4. The monoisotopic (exact) mass is 432 g/mol. The number of aromatic nitrogens is 2. The van der Waals surface area contributed by atoms with Crippen LogP contribution in [0, 0.1) is 12.8 Å². The highest BCUT2D eigenvalue weighted by molar-refractivity contribution is 9.10. The smallest absolute Gasteiger partial charge is 0.254 e. The summed E-state index contributed by atoms with van der Waals surface area (Å²) in [5, 5.41) is 10.1. The van der Waals surface area contributed by atoms with Crippen molar-refractivity contribution in [3.63, 3.8) is 0 Å². The molecule has 6 nitrogen and oxygen atoms in total. The lowest BCUT2D eigenvalue weighted by atomic mass is 9.89. The van der Waals surface area contributed by atoms with Gasteiger partial charge in [-0.25, -0.2) is 4.68 Å². The summed E-state index contributed by atoms with van der Waals surface area (Å²) < 4.78 is 2.73. The van der Waals surface area contributed by atoms with Gasteiger partial charge in [0.05, 0.1) is 23.1 Å². The fraction of sp³-hybridized carbons (Fsp3) is 0.450. The summed E-state index contributed by atoms with van der Waals surface area (Å²) in [6.45, 7) is 2.72. The Morgan fingerprint density at radius 1 is 1.11 bits per heavy atom. The van der Waals surface area contributed by atoms with Crippen LogP contribution < -0.4 is 10.6 Å². The summed E-state index contributed by atoms with van der Waals surface area (Å²) in [6, 6.07) is 7.75. The number of nitrogens with zero attached hydrogens (tertiary/aromatic N) is 2. The standard InChI is InChI=1S/C20H25BrN4O2/c1-14-18(13-24-25(14)17-9-7-16(21)8-10-17)20(27)23-12-11-22-19(26)15-5-3-2-4-6-15/h7-10,13,15H,2-6,11-12H2,1H3,(H,22,26)(H,23,27). The average molecular weight is 433 g/mol. The van der Waals surface area contributed by atoms with Crippen molar-refractivity contribution in [1.29, 1.82) is 0 Å². The predicted octanol–water partition coefficient (Wildman–Crippen LogP) is 3.37. The third-order valence-corrected chi connectivity index (χ3v) is 5.54. The fourth-order valence-corrected chi connectivity index (χ4v) is 3.71. The molecule has 1 heterocycles. The van der Waals surface area contributed by atoms with Gasteiger partial charge in [0.2, 0.25) is 5.91 Å². The molecule has 3 rings (SSSR count). The summed E-state index contributed by atoms with van der Waals surface area (Å²) in [5.41, 5.74) is 2.21. The van der Waals surface area contributed by atoms with Crippen LogP contribution in [0.25, 0.3) is 5.69 Å². The lowest BCUT2D eigenvalue weighted by Gasteiger charge is -2.20. The highest BCUT2D eigenvalue weighted by Gasteiger charge is 2.20. The molecule has 0 unspecified atom stereocenters. The first kappa shape index (κ1) is 19.6. The van der Waals surface area contributed by atoms with Crippen molar-refractivity contribution >= 4 is 27.7 Å². The van der Waals surface area contributed by atoms with E-state index in [1.54, 1.807) is 10.9 Å². The first-order chi connectivity index (χ1) is 13.1. The maximum Gasteiger partial charge on any atom is 0.254 e. The number of halogens is 1. The number of rotatable bonds is 6. The molecule has 1 fully saturated rings. The summed E-state index contributed by atoms with van der Waals surface area (Å²) in [7, 11) is 0. The summed E-state index contributed by atoms with van der Waals surface area (Å²) in [5.74, 6) is 0.0757. The van der Waals surface area contributed by atoms with Crippen molar-refractivity contribution in [3.8, 4) is 5.69 Å². The number of hydrogen-bond acceptors (Lipinski definition) is 3. The second kappa shape index (κ2) is 9.17. The van der Waals surface area contributed by atoms with E-state index in [1.165, 1.54) is 6.42 Å². The van der Waals surface area contributed by atoms with Gasteiger partial charge in [0, 0.05) is 23.5 Å². The lowest BCUT2D eigenvalue weighted by molar-refractivity contribution is -0.125. The van der Waals surface area contributed by atoms with Crippen molar-refractivity contribution in [2.75, 3.05) is 13.1 Å². The first-order valence-corrected chi connectivity index (χ1v) is 10.2. The van der Waals surface area contributed by atoms with E-state index < -0.39 is 0 Å².